The van der Waals surface area contributed by atoms with Crippen molar-refractivity contribution >= 4 is 5.91 Å². The molecule has 2 heterocycles. The molecule has 0 saturated carbocycles. The van der Waals surface area contributed by atoms with Crippen LogP contribution in [-0.2, 0) is 4.79 Å². The predicted octanol–water partition coefficient (Wildman–Crippen LogP) is 0.456. The van der Waals surface area contributed by atoms with Crippen LogP contribution in [0, 0.1) is 0 Å². The second-order valence-electron chi connectivity index (χ2n) is 5.40. The highest BCUT2D eigenvalue weighted by atomic mass is 16.3. The molecule has 4 heteroatoms. The van der Waals surface area contributed by atoms with Crippen LogP contribution in [0.3, 0.4) is 0 Å². The quantitative estimate of drug-likeness (QED) is 0.744. The van der Waals surface area contributed by atoms with Gasteiger partial charge in [-0.25, -0.2) is 0 Å². The molecule has 2 aliphatic rings. The van der Waals surface area contributed by atoms with Crippen molar-refractivity contribution < 1.29 is 9.90 Å². The zero-order valence-corrected chi connectivity index (χ0v) is 10.1. The number of carbonyl (C=O) groups is 1. The van der Waals surface area contributed by atoms with E-state index in [4.69, 9.17) is 0 Å². The minimum Gasteiger partial charge on any atom is -0.389 e. The summed E-state index contributed by atoms with van der Waals surface area (Å²) in [7, 11) is 0. The van der Waals surface area contributed by atoms with E-state index in [9.17, 15) is 9.90 Å². The van der Waals surface area contributed by atoms with Gasteiger partial charge in [-0.3, -0.25) is 9.69 Å². The Morgan fingerprint density at radius 3 is 2.56 bits per heavy atom. The molecule has 16 heavy (non-hydrogen) atoms. The summed E-state index contributed by atoms with van der Waals surface area (Å²) >= 11 is 0. The maximum atomic E-state index is 11.9. The Morgan fingerprint density at radius 2 is 1.94 bits per heavy atom. The molecular formula is C12H22N2O2. The fourth-order valence-electron chi connectivity index (χ4n) is 2.72. The van der Waals surface area contributed by atoms with E-state index in [1.54, 1.807) is 0 Å². The zero-order valence-electron chi connectivity index (χ0n) is 10.1. The van der Waals surface area contributed by atoms with E-state index in [2.05, 4.69) is 4.90 Å². The molecule has 0 aromatic rings. The van der Waals surface area contributed by atoms with Gasteiger partial charge in [-0.15, -0.1) is 0 Å². The van der Waals surface area contributed by atoms with Crippen LogP contribution in [0.25, 0.3) is 0 Å². The minimum absolute atomic E-state index is 0.232. The summed E-state index contributed by atoms with van der Waals surface area (Å²) in [5.74, 6) is 0.232. The van der Waals surface area contributed by atoms with Gasteiger partial charge in [0.1, 0.15) is 0 Å². The largest absolute Gasteiger partial charge is 0.389 e. The van der Waals surface area contributed by atoms with Gasteiger partial charge in [0.15, 0.2) is 0 Å². The summed E-state index contributed by atoms with van der Waals surface area (Å²) in [4.78, 5) is 16.0. The number of amides is 1. The second kappa shape index (κ2) is 4.72. The number of likely N-dealkylation sites (tertiary alicyclic amines) is 2. The number of hydrogen-bond donors (Lipinski definition) is 1. The fourth-order valence-corrected chi connectivity index (χ4v) is 2.72. The molecule has 1 N–H and O–H groups in total. The van der Waals surface area contributed by atoms with Crippen molar-refractivity contribution in [2.75, 3.05) is 32.7 Å². The highest BCUT2D eigenvalue weighted by Crippen LogP contribution is 2.20. The number of carbonyl (C=O) groups excluding carboxylic acids is 1. The first kappa shape index (κ1) is 11.9. The lowest BCUT2D eigenvalue weighted by atomic mass is 9.95. The van der Waals surface area contributed by atoms with Gasteiger partial charge in [-0.05, 0) is 39.2 Å². The van der Waals surface area contributed by atoms with Crippen LogP contribution in [0.1, 0.15) is 32.6 Å². The van der Waals surface area contributed by atoms with E-state index >= 15 is 0 Å². The molecule has 4 nitrogen and oxygen atoms in total. The highest BCUT2D eigenvalue weighted by molar-refractivity contribution is 5.78. The van der Waals surface area contributed by atoms with Gasteiger partial charge in [0.2, 0.25) is 5.91 Å². The average Bonchev–Trinajstić information content (AvgIpc) is 2.68. The number of piperidine rings is 1. The third-order valence-electron chi connectivity index (χ3n) is 3.57. The van der Waals surface area contributed by atoms with Crippen LogP contribution >= 0.6 is 0 Å². The molecule has 1 unspecified atom stereocenters. The Hall–Kier alpha value is -0.610. The molecule has 2 aliphatic heterocycles. The Morgan fingerprint density at radius 1 is 1.25 bits per heavy atom. The molecule has 0 aromatic heterocycles. The van der Waals surface area contributed by atoms with Crippen LogP contribution < -0.4 is 0 Å². The van der Waals surface area contributed by atoms with Crippen molar-refractivity contribution in [2.45, 2.75) is 38.2 Å². The molecule has 2 rings (SSSR count). The van der Waals surface area contributed by atoms with E-state index in [0.717, 1.165) is 45.3 Å². The summed E-state index contributed by atoms with van der Waals surface area (Å²) in [6.45, 7) is 5.75. The topological polar surface area (TPSA) is 43.8 Å². The lowest BCUT2D eigenvalue weighted by Crippen LogP contribution is -2.49. The first-order valence-corrected chi connectivity index (χ1v) is 6.29. The molecule has 2 fully saturated rings. The molecular weight excluding hydrogens is 204 g/mol. The average molecular weight is 226 g/mol. The Labute approximate surface area is 97.2 Å². The second-order valence-corrected chi connectivity index (χ2v) is 5.40. The van der Waals surface area contributed by atoms with E-state index in [1.165, 1.54) is 0 Å². The molecule has 0 bridgehead atoms. The van der Waals surface area contributed by atoms with Crippen molar-refractivity contribution in [1.29, 1.82) is 0 Å². The van der Waals surface area contributed by atoms with Gasteiger partial charge < -0.3 is 10.0 Å². The molecule has 0 aromatic carbocycles. The van der Waals surface area contributed by atoms with Crippen LogP contribution in [0.5, 0.6) is 0 Å². The van der Waals surface area contributed by atoms with Crippen LogP contribution in [-0.4, -0.2) is 59.1 Å². The predicted molar refractivity (Wildman–Crippen MR) is 62.1 cm³/mol. The highest BCUT2D eigenvalue weighted by Gasteiger charge is 2.30. The van der Waals surface area contributed by atoms with Gasteiger partial charge >= 0.3 is 0 Å². The summed E-state index contributed by atoms with van der Waals surface area (Å²) in [5, 5.41) is 9.96. The summed E-state index contributed by atoms with van der Waals surface area (Å²) in [5.41, 5.74) is -0.608. The monoisotopic (exact) mass is 226 g/mol. The lowest BCUT2D eigenvalue weighted by Gasteiger charge is -2.36. The number of aliphatic hydroxyl groups is 1. The minimum atomic E-state index is -0.608. The Balaban J connectivity index is 1.82. The smallest absolute Gasteiger partial charge is 0.236 e. The van der Waals surface area contributed by atoms with Crippen molar-refractivity contribution in [3.63, 3.8) is 0 Å². The van der Waals surface area contributed by atoms with Crippen LogP contribution in [0.4, 0.5) is 0 Å². The molecule has 1 amide bonds. The maximum absolute atomic E-state index is 11.9. The van der Waals surface area contributed by atoms with Crippen molar-refractivity contribution in [2.24, 2.45) is 0 Å². The molecule has 0 aliphatic carbocycles. The molecule has 0 radical (unpaired) electrons. The molecule has 2 saturated heterocycles. The van der Waals surface area contributed by atoms with Gasteiger partial charge in [0.05, 0.1) is 12.1 Å². The van der Waals surface area contributed by atoms with Crippen LogP contribution in [0.15, 0.2) is 0 Å². The van der Waals surface area contributed by atoms with E-state index in [0.29, 0.717) is 13.1 Å². The van der Waals surface area contributed by atoms with Crippen LogP contribution in [0.2, 0.25) is 0 Å². The fraction of sp³-hybridized carbons (Fsp3) is 0.917. The lowest BCUT2D eigenvalue weighted by molar-refractivity contribution is -0.132. The van der Waals surface area contributed by atoms with Crippen molar-refractivity contribution in [3.8, 4) is 0 Å². The van der Waals surface area contributed by atoms with Gasteiger partial charge in [-0.2, -0.15) is 0 Å². The summed E-state index contributed by atoms with van der Waals surface area (Å²) < 4.78 is 0. The third-order valence-corrected chi connectivity index (χ3v) is 3.57. The molecule has 1 atom stereocenters. The Bertz CT molecular complexity index is 260. The normalized spacial score (nSPS) is 32.0. The van der Waals surface area contributed by atoms with E-state index in [-0.39, 0.29) is 5.91 Å². The first-order valence-electron chi connectivity index (χ1n) is 6.29. The summed E-state index contributed by atoms with van der Waals surface area (Å²) in [6, 6.07) is 0. The first-order chi connectivity index (χ1) is 7.57. The van der Waals surface area contributed by atoms with Crippen molar-refractivity contribution in [3.05, 3.63) is 0 Å². The van der Waals surface area contributed by atoms with E-state index in [1.807, 2.05) is 11.8 Å². The summed E-state index contributed by atoms with van der Waals surface area (Å²) in [6.07, 6.45) is 4.12. The number of β-amino-alcohol motifs (C(OH)–C–C–N with tert-alkyl or cyclic N) is 1. The van der Waals surface area contributed by atoms with Gasteiger partial charge in [0, 0.05) is 19.6 Å². The van der Waals surface area contributed by atoms with Gasteiger partial charge in [0.25, 0.3) is 0 Å². The van der Waals surface area contributed by atoms with E-state index < -0.39 is 5.60 Å². The molecule has 0 spiro atoms. The van der Waals surface area contributed by atoms with Gasteiger partial charge in [-0.1, -0.05) is 0 Å². The zero-order chi connectivity index (χ0) is 11.6. The standard InChI is InChI=1S/C12H22N2O2/c1-12(16)5-4-6-13(10-12)9-11(15)14-7-2-3-8-14/h16H,2-10H2,1H3. The number of hydrogen-bond acceptors (Lipinski definition) is 3. The number of nitrogens with zero attached hydrogens (tertiary/aromatic N) is 2. The third kappa shape index (κ3) is 2.95. The SMILES string of the molecule is CC1(O)CCCN(CC(=O)N2CCCC2)C1. The van der Waals surface area contributed by atoms with Crippen molar-refractivity contribution in [1.82, 2.24) is 9.80 Å². The maximum Gasteiger partial charge on any atom is 0.236 e. The Kier molecular flexibility index (Phi) is 3.50. The number of rotatable bonds is 2. The molecule has 92 valence electrons.